The first-order valence-electron chi connectivity index (χ1n) is 8.83. The van der Waals surface area contributed by atoms with Gasteiger partial charge in [-0.05, 0) is 55.4 Å². The van der Waals surface area contributed by atoms with Gasteiger partial charge < -0.3 is 9.47 Å². The number of esters is 2. The van der Waals surface area contributed by atoms with E-state index in [9.17, 15) is 9.59 Å². The average molecular weight is 320 g/mol. The first-order valence-corrected chi connectivity index (χ1v) is 8.83. The van der Waals surface area contributed by atoms with Crippen LogP contribution in [0.1, 0.15) is 60.3 Å². The van der Waals surface area contributed by atoms with E-state index in [4.69, 9.17) is 9.47 Å². The van der Waals surface area contributed by atoms with Crippen LogP contribution >= 0.6 is 0 Å². The van der Waals surface area contributed by atoms with E-state index in [1.807, 2.05) is 20.8 Å². The van der Waals surface area contributed by atoms with Gasteiger partial charge in [0.15, 0.2) is 0 Å². The normalized spacial score (nSPS) is 39.8. The molecule has 0 radical (unpaired) electrons. The summed E-state index contributed by atoms with van der Waals surface area (Å²) in [4.78, 5) is 23.8. The monoisotopic (exact) mass is 320 g/mol. The highest BCUT2D eigenvalue weighted by Crippen LogP contribution is 2.57. The molecule has 0 spiro atoms. The molecule has 4 heteroatoms. The summed E-state index contributed by atoms with van der Waals surface area (Å²) in [7, 11) is 0. The Kier molecular flexibility index (Phi) is 4.06. The lowest BCUT2D eigenvalue weighted by molar-refractivity contribution is -0.161. The zero-order valence-corrected chi connectivity index (χ0v) is 14.8. The molecule has 5 atom stereocenters. The summed E-state index contributed by atoms with van der Waals surface area (Å²) in [6.45, 7) is 10.2. The van der Waals surface area contributed by atoms with Gasteiger partial charge in [0.05, 0.1) is 5.92 Å². The molecule has 0 aromatic rings. The molecule has 3 aliphatic rings. The molecule has 128 valence electrons. The first kappa shape index (κ1) is 16.5. The molecular formula is C19H28O4. The molecule has 2 fully saturated rings. The quantitative estimate of drug-likeness (QED) is 0.729. The second-order valence-electron chi connectivity index (χ2n) is 8.25. The van der Waals surface area contributed by atoms with Gasteiger partial charge in [-0.25, -0.2) is 4.79 Å². The molecule has 1 aliphatic heterocycles. The summed E-state index contributed by atoms with van der Waals surface area (Å²) in [5.41, 5.74) is 2.19. The number of ether oxygens (including phenoxy) is 2. The molecule has 0 aromatic heterocycles. The summed E-state index contributed by atoms with van der Waals surface area (Å²) in [5.74, 6) is 0.554. The molecule has 23 heavy (non-hydrogen) atoms. The van der Waals surface area contributed by atoms with Crippen molar-refractivity contribution in [3.8, 4) is 0 Å². The van der Waals surface area contributed by atoms with Gasteiger partial charge in [-0.3, -0.25) is 4.79 Å². The minimum Gasteiger partial charge on any atom is -0.462 e. The third-order valence-corrected chi connectivity index (χ3v) is 6.47. The van der Waals surface area contributed by atoms with Crippen molar-refractivity contribution in [3.05, 3.63) is 11.1 Å². The molecule has 0 aromatic carbocycles. The highest BCUT2D eigenvalue weighted by Gasteiger charge is 2.53. The SMILES string of the molecule is CC1=C2C[C@@]3(C)[C@H](C[C@H](OC(=O)C(C)C)C[C@@H]3C)C[C@H]2OC1=O. The molecule has 0 bridgehead atoms. The molecule has 3 rings (SSSR count). The van der Waals surface area contributed by atoms with Crippen molar-refractivity contribution in [2.24, 2.45) is 23.2 Å². The Morgan fingerprint density at radius 2 is 2.00 bits per heavy atom. The fourth-order valence-electron chi connectivity index (χ4n) is 4.60. The lowest BCUT2D eigenvalue weighted by Gasteiger charge is -2.52. The van der Waals surface area contributed by atoms with Crippen LogP contribution in [-0.4, -0.2) is 24.1 Å². The smallest absolute Gasteiger partial charge is 0.334 e. The lowest BCUT2D eigenvalue weighted by atomic mass is 9.54. The molecule has 0 unspecified atom stereocenters. The van der Waals surface area contributed by atoms with Gasteiger partial charge in [0.1, 0.15) is 12.2 Å². The Labute approximate surface area is 138 Å². The summed E-state index contributed by atoms with van der Waals surface area (Å²) in [6, 6.07) is 0. The van der Waals surface area contributed by atoms with Gasteiger partial charge in [0.2, 0.25) is 0 Å². The summed E-state index contributed by atoms with van der Waals surface area (Å²) < 4.78 is 11.3. The number of fused-ring (bicyclic) bond motifs is 2. The first-order chi connectivity index (χ1) is 10.7. The van der Waals surface area contributed by atoms with E-state index in [1.165, 1.54) is 5.57 Å². The third-order valence-electron chi connectivity index (χ3n) is 6.47. The van der Waals surface area contributed by atoms with Crippen molar-refractivity contribution >= 4 is 11.9 Å². The fourth-order valence-corrected chi connectivity index (χ4v) is 4.60. The summed E-state index contributed by atoms with van der Waals surface area (Å²) >= 11 is 0. The zero-order valence-electron chi connectivity index (χ0n) is 14.8. The van der Waals surface area contributed by atoms with Crippen LogP contribution in [0, 0.1) is 23.2 Å². The lowest BCUT2D eigenvalue weighted by Crippen LogP contribution is -2.48. The van der Waals surface area contributed by atoms with Gasteiger partial charge >= 0.3 is 11.9 Å². The van der Waals surface area contributed by atoms with Crippen LogP contribution in [0.4, 0.5) is 0 Å². The maximum absolute atomic E-state index is 11.9. The molecule has 0 amide bonds. The maximum atomic E-state index is 11.9. The van der Waals surface area contributed by atoms with E-state index in [0.29, 0.717) is 11.8 Å². The Bertz CT molecular complexity index is 562. The number of hydrogen-bond acceptors (Lipinski definition) is 4. The number of rotatable bonds is 2. The topological polar surface area (TPSA) is 52.6 Å². The second kappa shape index (κ2) is 5.64. The number of carbonyl (C=O) groups is 2. The van der Waals surface area contributed by atoms with Crippen molar-refractivity contribution in [3.63, 3.8) is 0 Å². The molecule has 2 saturated carbocycles. The molecule has 0 N–H and O–H groups in total. The Morgan fingerprint density at radius 3 is 2.65 bits per heavy atom. The van der Waals surface area contributed by atoms with Crippen molar-refractivity contribution in [1.29, 1.82) is 0 Å². The Balaban J connectivity index is 1.78. The van der Waals surface area contributed by atoms with E-state index in [-0.39, 0.29) is 35.5 Å². The van der Waals surface area contributed by atoms with Gasteiger partial charge in [-0.15, -0.1) is 0 Å². The fraction of sp³-hybridized carbons (Fsp3) is 0.789. The van der Waals surface area contributed by atoms with Crippen LogP contribution in [0.5, 0.6) is 0 Å². The summed E-state index contributed by atoms with van der Waals surface area (Å²) in [5, 5.41) is 0. The molecule has 4 nitrogen and oxygen atoms in total. The highest BCUT2D eigenvalue weighted by atomic mass is 16.6. The van der Waals surface area contributed by atoms with Gasteiger partial charge in [0, 0.05) is 5.57 Å². The van der Waals surface area contributed by atoms with Crippen molar-refractivity contribution in [2.45, 2.75) is 72.5 Å². The molecule has 1 heterocycles. The maximum Gasteiger partial charge on any atom is 0.334 e. The van der Waals surface area contributed by atoms with Crippen LogP contribution in [0.25, 0.3) is 0 Å². The van der Waals surface area contributed by atoms with Crippen LogP contribution in [0.2, 0.25) is 0 Å². The zero-order chi connectivity index (χ0) is 16.9. The highest BCUT2D eigenvalue weighted by molar-refractivity contribution is 5.91. The van der Waals surface area contributed by atoms with Crippen molar-refractivity contribution in [2.75, 3.05) is 0 Å². The minimum absolute atomic E-state index is 0.00158. The van der Waals surface area contributed by atoms with Crippen LogP contribution in [0.3, 0.4) is 0 Å². The number of carbonyl (C=O) groups excluding carboxylic acids is 2. The minimum atomic E-state index is -0.150. The van der Waals surface area contributed by atoms with Gasteiger partial charge in [0.25, 0.3) is 0 Å². The molecular weight excluding hydrogens is 292 g/mol. The number of hydrogen-bond donors (Lipinski definition) is 0. The van der Waals surface area contributed by atoms with Gasteiger partial charge in [-0.2, -0.15) is 0 Å². The van der Waals surface area contributed by atoms with Crippen molar-refractivity contribution < 1.29 is 19.1 Å². The van der Waals surface area contributed by atoms with E-state index in [0.717, 1.165) is 31.3 Å². The average Bonchev–Trinajstić information content (AvgIpc) is 2.73. The predicted molar refractivity (Wildman–Crippen MR) is 86.5 cm³/mol. The second-order valence-corrected chi connectivity index (χ2v) is 8.25. The van der Waals surface area contributed by atoms with Crippen LogP contribution in [0.15, 0.2) is 11.1 Å². The molecule has 2 aliphatic carbocycles. The molecule has 0 saturated heterocycles. The van der Waals surface area contributed by atoms with E-state index >= 15 is 0 Å². The third kappa shape index (κ3) is 2.70. The van der Waals surface area contributed by atoms with Crippen molar-refractivity contribution in [1.82, 2.24) is 0 Å². The van der Waals surface area contributed by atoms with E-state index < -0.39 is 0 Å². The van der Waals surface area contributed by atoms with Crippen LogP contribution < -0.4 is 0 Å². The van der Waals surface area contributed by atoms with Gasteiger partial charge in [-0.1, -0.05) is 27.7 Å². The predicted octanol–water partition coefficient (Wildman–Crippen LogP) is 3.64. The largest absolute Gasteiger partial charge is 0.462 e. The summed E-state index contributed by atoms with van der Waals surface area (Å²) in [6.07, 6.45) is 3.56. The van der Waals surface area contributed by atoms with E-state index in [1.54, 1.807) is 0 Å². The Morgan fingerprint density at radius 1 is 1.30 bits per heavy atom. The van der Waals surface area contributed by atoms with E-state index in [2.05, 4.69) is 13.8 Å². The standard InChI is InChI=1S/C19H28O4/c1-10(2)17(20)22-14-6-11(3)19(5)9-15-12(4)18(21)23-16(15)8-13(19)7-14/h10-11,13-14,16H,6-9H2,1-5H3/t11-,13+,14+,16+,19+/m0/s1. The Hall–Kier alpha value is -1.32. The van der Waals surface area contributed by atoms with Crippen LogP contribution in [-0.2, 0) is 19.1 Å².